The van der Waals surface area contributed by atoms with Gasteiger partial charge < -0.3 is 25.6 Å². The molecular formula is C23H24N2O6. The lowest BCUT2D eigenvalue weighted by atomic mass is 9.98. The van der Waals surface area contributed by atoms with Gasteiger partial charge >= 0.3 is 12.1 Å². The SMILES string of the molecule is O=C(NCC1CC1C(=O)NCC(O)C(=O)O)OCC1c2ccccc2-c2ccccc21. The van der Waals surface area contributed by atoms with Gasteiger partial charge in [0.05, 0.1) is 6.54 Å². The van der Waals surface area contributed by atoms with E-state index >= 15 is 0 Å². The van der Waals surface area contributed by atoms with E-state index in [2.05, 4.69) is 34.9 Å². The van der Waals surface area contributed by atoms with E-state index in [0.29, 0.717) is 13.0 Å². The molecule has 31 heavy (non-hydrogen) atoms. The van der Waals surface area contributed by atoms with E-state index < -0.39 is 18.2 Å². The number of ether oxygens (including phenoxy) is 1. The summed E-state index contributed by atoms with van der Waals surface area (Å²) in [6, 6.07) is 16.2. The van der Waals surface area contributed by atoms with Gasteiger partial charge in [0.1, 0.15) is 6.61 Å². The standard InChI is InChI=1S/C23H24N2O6/c26-20(22(28)29)11-24-21(27)18-9-13(18)10-25-23(30)31-12-19-16-7-3-1-5-14(16)15-6-2-4-8-17(15)19/h1-8,13,18-20,26H,9-12H2,(H,24,27)(H,25,30)(H,28,29). The number of aliphatic hydroxyl groups is 1. The van der Waals surface area contributed by atoms with E-state index in [-0.39, 0.29) is 36.8 Å². The first-order chi connectivity index (χ1) is 15.0. The molecular weight excluding hydrogens is 400 g/mol. The molecule has 2 amide bonds. The van der Waals surface area contributed by atoms with E-state index in [4.69, 9.17) is 9.84 Å². The second-order valence-electron chi connectivity index (χ2n) is 7.91. The number of hydrogen-bond donors (Lipinski definition) is 4. The molecule has 0 radical (unpaired) electrons. The highest BCUT2D eigenvalue weighted by Crippen LogP contribution is 2.44. The number of rotatable bonds is 8. The molecule has 8 heteroatoms. The van der Waals surface area contributed by atoms with Gasteiger partial charge in [0.25, 0.3) is 0 Å². The van der Waals surface area contributed by atoms with Crippen LogP contribution in [0.25, 0.3) is 11.1 Å². The molecule has 3 atom stereocenters. The molecule has 0 bridgehead atoms. The molecule has 3 unspecified atom stereocenters. The number of carboxylic acids is 1. The molecule has 1 fully saturated rings. The van der Waals surface area contributed by atoms with Gasteiger partial charge in [0, 0.05) is 18.4 Å². The van der Waals surface area contributed by atoms with Crippen LogP contribution in [0.2, 0.25) is 0 Å². The van der Waals surface area contributed by atoms with Crippen LogP contribution < -0.4 is 10.6 Å². The Hall–Kier alpha value is -3.39. The fourth-order valence-electron chi connectivity index (χ4n) is 4.07. The maximum absolute atomic E-state index is 12.2. The second kappa shape index (κ2) is 8.77. The highest BCUT2D eigenvalue weighted by Gasteiger charge is 2.43. The molecule has 2 aromatic carbocycles. The molecule has 0 aliphatic heterocycles. The number of carbonyl (C=O) groups excluding carboxylic acids is 2. The Bertz CT molecular complexity index is 962. The van der Waals surface area contributed by atoms with Gasteiger partial charge in [-0.2, -0.15) is 0 Å². The van der Waals surface area contributed by atoms with Crippen molar-refractivity contribution in [2.45, 2.75) is 18.4 Å². The minimum atomic E-state index is -1.62. The predicted molar refractivity (Wildman–Crippen MR) is 111 cm³/mol. The lowest BCUT2D eigenvalue weighted by molar-refractivity contribution is -0.146. The maximum Gasteiger partial charge on any atom is 0.407 e. The first kappa shape index (κ1) is 20.9. The van der Waals surface area contributed by atoms with Crippen LogP contribution in [0.1, 0.15) is 23.5 Å². The fraction of sp³-hybridized carbons (Fsp3) is 0.348. The molecule has 162 valence electrons. The van der Waals surface area contributed by atoms with Crippen molar-refractivity contribution in [1.29, 1.82) is 0 Å². The Morgan fingerprint density at radius 1 is 1.00 bits per heavy atom. The summed E-state index contributed by atoms with van der Waals surface area (Å²) in [5, 5.41) is 22.9. The van der Waals surface area contributed by atoms with Gasteiger partial charge in [0.15, 0.2) is 6.10 Å². The minimum absolute atomic E-state index is 0.0155. The summed E-state index contributed by atoms with van der Waals surface area (Å²) >= 11 is 0. The maximum atomic E-state index is 12.2. The van der Waals surface area contributed by atoms with Crippen LogP contribution in [0.5, 0.6) is 0 Å². The number of aliphatic hydroxyl groups excluding tert-OH is 1. The summed E-state index contributed by atoms with van der Waals surface area (Å²) in [5.74, 6) is -2.04. The monoisotopic (exact) mass is 424 g/mol. The largest absolute Gasteiger partial charge is 0.479 e. The number of fused-ring (bicyclic) bond motifs is 3. The molecule has 4 N–H and O–H groups in total. The van der Waals surface area contributed by atoms with Crippen LogP contribution in [0.15, 0.2) is 48.5 Å². The molecule has 0 spiro atoms. The number of nitrogens with one attached hydrogen (secondary N) is 2. The van der Waals surface area contributed by atoms with Gasteiger partial charge in [-0.3, -0.25) is 4.79 Å². The molecule has 2 aliphatic carbocycles. The fourth-order valence-corrected chi connectivity index (χ4v) is 4.07. The highest BCUT2D eigenvalue weighted by atomic mass is 16.5. The van der Waals surface area contributed by atoms with Crippen LogP contribution in [-0.2, 0) is 14.3 Å². The lowest BCUT2D eigenvalue weighted by Gasteiger charge is -2.14. The summed E-state index contributed by atoms with van der Waals surface area (Å²) in [7, 11) is 0. The summed E-state index contributed by atoms with van der Waals surface area (Å²) in [5.41, 5.74) is 4.59. The Labute approximate surface area is 179 Å². The van der Waals surface area contributed by atoms with E-state index in [0.717, 1.165) is 22.3 Å². The normalized spacial score (nSPS) is 19.6. The Morgan fingerprint density at radius 2 is 1.61 bits per heavy atom. The van der Waals surface area contributed by atoms with E-state index in [1.165, 1.54) is 0 Å². The summed E-state index contributed by atoms with van der Waals surface area (Å²) in [4.78, 5) is 34.7. The van der Waals surface area contributed by atoms with Gasteiger partial charge in [0.2, 0.25) is 5.91 Å². The topological polar surface area (TPSA) is 125 Å². The molecule has 0 heterocycles. The summed E-state index contributed by atoms with van der Waals surface area (Å²) in [6.07, 6.45) is -1.56. The van der Waals surface area contributed by atoms with Crippen molar-refractivity contribution in [3.8, 4) is 11.1 Å². The number of carboxylic acid groups (broad SMARTS) is 1. The Kier molecular flexibility index (Phi) is 5.90. The number of alkyl carbamates (subject to hydrolysis) is 1. The zero-order valence-electron chi connectivity index (χ0n) is 16.8. The third-order valence-electron chi connectivity index (χ3n) is 5.87. The van der Waals surface area contributed by atoms with E-state index in [1.54, 1.807) is 0 Å². The zero-order valence-corrected chi connectivity index (χ0v) is 16.8. The van der Waals surface area contributed by atoms with Crippen LogP contribution in [-0.4, -0.2) is 54.0 Å². The second-order valence-corrected chi connectivity index (χ2v) is 7.91. The summed E-state index contributed by atoms with van der Waals surface area (Å²) in [6.45, 7) is 0.189. The molecule has 0 aromatic heterocycles. The van der Waals surface area contributed by atoms with Gasteiger partial charge in [-0.1, -0.05) is 48.5 Å². The third-order valence-corrected chi connectivity index (χ3v) is 5.87. The van der Waals surface area contributed by atoms with E-state index in [1.807, 2.05) is 24.3 Å². The van der Waals surface area contributed by atoms with E-state index in [9.17, 15) is 19.5 Å². The van der Waals surface area contributed by atoms with Crippen molar-refractivity contribution in [2.75, 3.05) is 19.7 Å². The lowest BCUT2D eigenvalue weighted by Crippen LogP contribution is -2.37. The Morgan fingerprint density at radius 3 is 2.23 bits per heavy atom. The number of aliphatic carboxylic acids is 1. The van der Waals surface area contributed by atoms with Crippen molar-refractivity contribution < 1.29 is 29.3 Å². The third kappa shape index (κ3) is 4.54. The van der Waals surface area contributed by atoms with Crippen molar-refractivity contribution in [3.63, 3.8) is 0 Å². The molecule has 1 saturated carbocycles. The van der Waals surface area contributed by atoms with Gasteiger partial charge in [-0.15, -0.1) is 0 Å². The quantitative estimate of drug-likeness (QED) is 0.511. The number of amides is 2. The smallest absolute Gasteiger partial charge is 0.407 e. The van der Waals surface area contributed by atoms with Crippen molar-refractivity contribution >= 4 is 18.0 Å². The molecule has 0 saturated heterocycles. The minimum Gasteiger partial charge on any atom is -0.479 e. The number of carbonyl (C=O) groups is 3. The van der Waals surface area contributed by atoms with Crippen LogP contribution in [0, 0.1) is 11.8 Å². The van der Waals surface area contributed by atoms with Crippen LogP contribution in [0.3, 0.4) is 0 Å². The molecule has 4 rings (SSSR count). The predicted octanol–water partition coefficient (Wildman–Crippen LogP) is 1.72. The average Bonchev–Trinajstić information content (AvgIpc) is 3.49. The van der Waals surface area contributed by atoms with Gasteiger partial charge in [-0.25, -0.2) is 9.59 Å². The highest BCUT2D eigenvalue weighted by molar-refractivity contribution is 5.83. The summed E-state index contributed by atoms with van der Waals surface area (Å²) < 4.78 is 5.47. The van der Waals surface area contributed by atoms with Gasteiger partial charge in [-0.05, 0) is 34.6 Å². The molecule has 8 nitrogen and oxygen atoms in total. The molecule has 2 aliphatic rings. The van der Waals surface area contributed by atoms with Crippen molar-refractivity contribution in [2.24, 2.45) is 11.8 Å². The van der Waals surface area contributed by atoms with Crippen molar-refractivity contribution in [1.82, 2.24) is 10.6 Å². The zero-order chi connectivity index (χ0) is 22.0. The van der Waals surface area contributed by atoms with Crippen LogP contribution in [0.4, 0.5) is 4.79 Å². The number of benzene rings is 2. The van der Waals surface area contributed by atoms with Crippen LogP contribution >= 0.6 is 0 Å². The number of hydrogen-bond acceptors (Lipinski definition) is 5. The first-order valence-corrected chi connectivity index (χ1v) is 10.2. The Balaban J connectivity index is 1.23. The first-order valence-electron chi connectivity index (χ1n) is 10.2. The average molecular weight is 424 g/mol. The molecule has 2 aromatic rings. The van der Waals surface area contributed by atoms with Crippen molar-refractivity contribution in [3.05, 3.63) is 59.7 Å².